The fourth-order valence-corrected chi connectivity index (χ4v) is 2.24. The van der Waals surface area contributed by atoms with Crippen LogP contribution in [0.4, 0.5) is 0 Å². The maximum Gasteiger partial charge on any atom is 0.227 e. The van der Waals surface area contributed by atoms with Crippen LogP contribution < -0.4 is 4.74 Å². The molecule has 0 unspecified atom stereocenters. The lowest BCUT2D eigenvalue weighted by Gasteiger charge is -2.37. The van der Waals surface area contributed by atoms with Crippen molar-refractivity contribution >= 4 is 12.0 Å². The van der Waals surface area contributed by atoms with E-state index >= 15 is 0 Å². The number of ether oxygens (including phenoxy) is 1. The van der Waals surface area contributed by atoms with Gasteiger partial charge in [0.15, 0.2) is 0 Å². The molecular formula is C15H19NO2. The first-order chi connectivity index (χ1) is 8.63. The molecule has 0 spiro atoms. The molecule has 1 saturated heterocycles. The number of amides is 1. The Morgan fingerprint density at radius 3 is 2.83 bits per heavy atom. The van der Waals surface area contributed by atoms with Crippen LogP contribution in [0.3, 0.4) is 0 Å². The molecule has 1 aliphatic rings. The zero-order valence-electron chi connectivity index (χ0n) is 11.0. The Morgan fingerprint density at radius 1 is 1.56 bits per heavy atom. The molecule has 1 aliphatic heterocycles. The number of nitrogens with zero attached hydrogens (tertiary/aromatic N) is 1. The van der Waals surface area contributed by atoms with Gasteiger partial charge in [-0.1, -0.05) is 25.6 Å². The molecule has 1 heterocycles. The number of methoxy groups -OCH3 is 1. The van der Waals surface area contributed by atoms with Crippen molar-refractivity contribution < 1.29 is 9.53 Å². The minimum atomic E-state index is 0.174. The first-order valence-electron chi connectivity index (χ1n) is 6.21. The third kappa shape index (κ3) is 2.55. The zero-order chi connectivity index (χ0) is 13.1. The minimum Gasteiger partial charge on any atom is -0.496 e. The third-order valence-electron chi connectivity index (χ3n) is 3.30. The lowest BCUT2D eigenvalue weighted by molar-refractivity contribution is -0.136. The van der Waals surface area contributed by atoms with Crippen molar-refractivity contribution in [3.63, 3.8) is 0 Å². The van der Waals surface area contributed by atoms with E-state index in [-0.39, 0.29) is 5.91 Å². The number of likely N-dealkylation sites (tertiary alicyclic amines) is 1. The molecule has 3 heteroatoms. The summed E-state index contributed by atoms with van der Waals surface area (Å²) in [5, 5.41) is 0. The quantitative estimate of drug-likeness (QED) is 0.815. The van der Waals surface area contributed by atoms with Crippen LogP contribution in [-0.2, 0) is 11.2 Å². The molecule has 1 aromatic rings. The van der Waals surface area contributed by atoms with Crippen LogP contribution in [0.1, 0.15) is 18.1 Å². The molecule has 3 nitrogen and oxygen atoms in total. The monoisotopic (exact) mass is 245 g/mol. The summed E-state index contributed by atoms with van der Waals surface area (Å²) in [5.74, 6) is 1.57. The zero-order valence-corrected chi connectivity index (χ0v) is 11.0. The van der Waals surface area contributed by atoms with Gasteiger partial charge in [0.05, 0.1) is 13.5 Å². The van der Waals surface area contributed by atoms with Gasteiger partial charge in [0.1, 0.15) is 5.75 Å². The van der Waals surface area contributed by atoms with Crippen LogP contribution in [0.5, 0.6) is 5.75 Å². The van der Waals surface area contributed by atoms with Crippen LogP contribution >= 0.6 is 0 Å². The summed E-state index contributed by atoms with van der Waals surface area (Å²) in [6.07, 6.45) is 2.18. The Balaban J connectivity index is 2.11. The van der Waals surface area contributed by atoms with Crippen molar-refractivity contribution in [2.45, 2.75) is 13.3 Å². The smallest absolute Gasteiger partial charge is 0.227 e. The molecule has 1 fully saturated rings. The van der Waals surface area contributed by atoms with Crippen molar-refractivity contribution in [2.75, 3.05) is 20.2 Å². The minimum absolute atomic E-state index is 0.174. The summed E-state index contributed by atoms with van der Waals surface area (Å²) in [4.78, 5) is 13.9. The number of rotatable bonds is 4. The van der Waals surface area contributed by atoms with Gasteiger partial charge in [-0.25, -0.2) is 0 Å². The van der Waals surface area contributed by atoms with Gasteiger partial charge in [-0.05, 0) is 23.6 Å². The van der Waals surface area contributed by atoms with Crippen molar-refractivity contribution in [1.29, 1.82) is 0 Å². The predicted octanol–water partition coefficient (Wildman–Crippen LogP) is 2.36. The summed E-state index contributed by atoms with van der Waals surface area (Å²) < 4.78 is 5.29. The fourth-order valence-electron chi connectivity index (χ4n) is 2.24. The molecule has 0 aliphatic carbocycles. The van der Waals surface area contributed by atoms with Crippen molar-refractivity contribution in [1.82, 2.24) is 4.90 Å². The summed E-state index contributed by atoms with van der Waals surface area (Å²) in [5.41, 5.74) is 1.94. The molecule has 0 bridgehead atoms. The van der Waals surface area contributed by atoms with Gasteiger partial charge in [-0.3, -0.25) is 4.79 Å². The highest BCUT2D eigenvalue weighted by atomic mass is 16.5. The van der Waals surface area contributed by atoms with Crippen molar-refractivity contribution in [3.05, 3.63) is 35.9 Å². The van der Waals surface area contributed by atoms with E-state index < -0.39 is 0 Å². The summed E-state index contributed by atoms with van der Waals surface area (Å²) in [7, 11) is 1.63. The van der Waals surface area contributed by atoms with E-state index in [1.54, 1.807) is 13.2 Å². The van der Waals surface area contributed by atoms with E-state index in [1.165, 1.54) is 0 Å². The molecule has 1 aromatic carbocycles. The molecule has 0 saturated carbocycles. The predicted molar refractivity (Wildman–Crippen MR) is 72.5 cm³/mol. The van der Waals surface area contributed by atoms with Crippen LogP contribution in [0.2, 0.25) is 0 Å². The Morgan fingerprint density at radius 2 is 2.28 bits per heavy atom. The van der Waals surface area contributed by atoms with E-state index in [2.05, 4.69) is 13.5 Å². The normalized spacial score (nSPS) is 15.1. The first kappa shape index (κ1) is 12.7. The number of hydrogen-bond acceptors (Lipinski definition) is 2. The molecule has 0 atom stereocenters. The van der Waals surface area contributed by atoms with Crippen LogP contribution in [-0.4, -0.2) is 31.0 Å². The van der Waals surface area contributed by atoms with Gasteiger partial charge >= 0.3 is 0 Å². The van der Waals surface area contributed by atoms with E-state index in [0.717, 1.165) is 30.0 Å². The van der Waals surface area contributed by atoms with E-state index in [1.807, 2.05) is 23.1 Å². The Bertz CT molecular complexity index is 462. The maximum atomic E-state index is 12.1. The molecule has 2 rings (SSSR count). The Labute approximate surface area is 108 Å². The van der Waals surface area contributed by atoms with E-state index in [9.17, 15) is 4.79 Å². The van der Waals surface area contributed by atoms with Gasteiger partial charge in [-0.2, -0.15) is 0 Å². The molecule has 0 N–H and O–H groups in total. The van der Waals surface area contributed by atoms with E-state index in [0.29, 0.717) is 12.3 Å². The first-order valence-corrected chi connectivity index (χ1v) is 6.21. The van der Waals surface area contributed by atoms with Gasteiger partial charge < -0.3 is 9.64 Å². The highest BCUT2D eigenvalue weighted by molar-refractivity contribution is 5.80. The molecule has 0 radical (unpaired) electrons. The number of hydrogen-bond donors (Lipinski definition) is 0. The van der Waals surface area contributed by atoms with E-state index in [4.69, 9.17) is 4.74 Å². The topological polar surface area (TPSA) is 29.5 Å². The molecular weight excluding hydrogens is 226 g/mol. The van der Waals surface area contributed by atoms with Crippen LogP contribution in [0.25, 0.3) is 6.08 Å². The lowest BCUT2D eigenvalue weighted by atomic mass is 10.0. The standard InChI is InChI=1S/C15H19NO2/c1-4-12-5-6-14(18-3)13(7-12)8-15(17)16-9-11(2)10-16/h4-7,11H,1,8-10H2,2-3H3. The van der Waals surface area contributed by atoms with Crippen molar-refractivity contribution in [3.8, 4) is 5.75 Å². The fraction of sp³-hybridized carbons (Fsp3) is 0.400. The molecule has 0 aromatic heterocycles. The summed E-state index contributed by atoms with van der Waals surface area (Å²) in [6, 6.07) is 5.79. The Kier molecular flexibility index (Phi) is 3.70. The average molecular weight is 245 g/mol. The summed E-state index contributed by atoms with van der Waals surface area (Å²) in [6.45, 7) is 7.65. The van der Waals surface area contributed by atoms with Crippen LogP contribution in [0.15, 0.2) is 24.8 Å². The SMILES string of the molecule is C=Cc1ccc(OC)c(CC(=O)N2CC(C)C2)c1. The highest BCUT2D eigenvalue weighted by Crippen LogP contribution is 2.23. The average Bonchev–Trinajstić information content (AvgIpc) is 2.34. The second kappa shape index (κ2) is 5.25. The third-order valence-corrected chi connectivity index (χ3v) is 3.30. The van der Waals surface area contributed by atoms with Gasteiger partial charge in [0.25, 0.3) is 0 Å². The van der Waals surface area contributed by atoms with Gasteiger partial charge in [-0.15, -0.1) is 0 Å². The van der Waals surface area contributed by atoms with Crippen molar-refractivity contribution in [2.24, 2.45) is 5.92 Å². The Hall–Kier alpha value is -1.77. The molecule has 18 heavy (non-hydrogen) atoms. The number of carbonyl (C=O) groups is 1. The van der Waals surface area contributed by atoms with Crippen LogP contribution in [0, 0.1) is 5.92 Å². The maximum absolute atomic E-state index is 12.1. The highest BCUT2D eigenvalue weighted by Gasteiger charge is 2.27. The lowest BCUT2D eigenvalue weighted by Crippen LogP contribution is -2.49. The number of carbonyl (C=O) groups excluding carboxylic acids is 1. The molecule has 1 amide bonds. The summed E-state index contributed by atoms with van der Waals surface area (Å²) >= 11 is 0. The second-order valence-corrected chi connectivity index (χ2v) is 4.86. The largest absolute Gasteiger partial charge is 0.496 e. The molecule has 96 valence electrons. The van der Waals surface area contributed by atoms with Gasteiger partial charge in [0.2, 0.25) is 5.91 Å². The van der Waals surface area contributed by atoms with Gasteiger partial charge in [0, 0.05) is 18.7 Å². The number of benzene rings is 1. The second-order valence-electron chi connectivity index (χ2n) is 4.86.